The highest BCUT2D eigenvalue weighted by molar-refractivity contribution is 5.96. The zero-order chi connectivity index (χ0) is 19.9. The van der Waals surface area contributed by atoms with Crippen LogP contribution in [0.2, 0.25) is 0 Å². The molecular weight excluding hydrogens is 360 g/mol. The molecule has 0 aliphatic rings. The monoisotopic (exact) mass is 380 g/mol. The minimum Gasteiger partial charge on any atom is -0.497 e. The fourth-order valence-electron chi connectivity index (χ4n) is 2.62. The Hall–Kier alpha value is -3.68. The van der Waals surface area contributed by atoms with E-state index in [1.54, 1.807) is 31.5 Å². The average Bonchev–Trinajstić information content (AvgIpc) is 2.75. The van der Waals surface area contributed by atoms with E-state index in [0.29, 0.717) is 11.3 Å². The molecule has 0 bridgehead atoms. The predicted octanol–water partition coefficient (Wildman–Crippen LogP) is 1.75. The molecule has 1 aromatic carbocycles. The van der Waals surface area contributed by atoms with Gasteiger partial charge in [0.2, 0.25) is 5.88 Å². The second kappa shape index (κ2) is 8.81. The van der Waals surface area contributed by atoms with Crippen molar-refractivity contribution < 1.29 is 14.3 Å². The fourth-order valence-corrected chi connectivity index (χ4v) is 2.62. The Morgan fingerprint density at radius 3 is 2.57 bits per heavy atom. The van der Waals surface area contributed by atoms with Crippen LogP contribution in [-0.4, -0.2) is 41.4 Å². The summed E-state index contributed by atoms with van der Waals surface area (Å²) in [5.74, 6) is 0.659. The molecule has 3 rings (SSSR count). The highest BCUT2D eigenvalue weighted by Gasteiger charge is 2.12. The third-order valence-corrected chi connectivity index (χ3v) is 4.07. The first kappa shape index (κ1) is 19.1. The number of nitrogens with zero attached hydrogens (tertiary/aromatic N) is 3. The van der Waals surface area contributed by atoms with Gasteiger partial charge in [0.1, 0.15) is 11.3 Å². The highest BCUT2D eigenvalue weighted by Crippen LogP contribution is 2.19. The van der Waals surface area contributed by atoms with Crippen molar-refractivity contribution in [3.05, 3.63) is 70.6 Å². The SMILES string of the molecule is COc1ccc(-c2ccc(=O)n(CCNC(=O)c3cccnc3OC)n2)cc1. The van der Waals surface area contributed by atoms with Gasteiger partial charge in [-0.2, -0.15) is 5.10 Å². The Morgan fingerprint density at radius 1 is 1.07 bits per heavy atom. The molecule has 0 unspecified atom stereocenters. The lowest BCUT2D eigenvalue weighted by atomic mass is 10.1. The topological polar surface area (TPSA) is 95.3 Å². The number of methoxy groups -OCH3 is 2. The molecule has 8 nitrogen and oxygen atoms in total. The summed E-state index contributed by atoms with van der Waals surface area (Å²) in [6.07, 6.45) is 1.55. The number of ether oxygens (including phenoxy) is 2. The average molecular weight is 380 g/mol. The second-order valence-corrected chi connectivity index (χ2v) is 5.82. The van der Waals surface area contributed by atoms with Gasteiger partial charge < -0.3 is 14.8 Å². The summed E-state index contributed by atoms with van der Waals surface area (Å²) >= 11 is 0. The molecule has 144 valence electrons. The smallest absolute Gasteiger partial charge is 0.266 e. The van der Waals surface area contributed by atoms with E-state index in [-0.39, 0.29) is 30.4 Å². The minimum atomic E-state index is -0.329. The Bertz CT molecular complexity index is 1020. The molecule has 0 radical (unpaired) electrons. The van der Waals surface area contributed by atoms with Crippen LogP contribution >= 0.6 is 0 Å². The van der Waals surface area contributed by atoms with E-state index in [1.807, 2.05) is 24.3 Å². The largest absolute Gasteiger partial charge is 0.497 e. The number of pyridine rings is 1. The molecule has 0 saturated heterocycles. The van der Waals surface area contributed by atoms with Crippen molar-refractivity contribution in [2.75, 3.05) is 20.8 Å². The lowest BCUT2D eigenvalue weighted by Gasteiger charge is -2.10. The number of aromatic nitrogens is 3. The van der Waals surface area contributed by atoms with E-state index in [9.17, 15) is 9.59 Å². The van der Waals surface area contributed by atoms with Crippen LogP contribution in [0, 0.1) is 0 Å². The van der Waals surface area contributed by atoms with E-state index < -0.39 is 0 Å². The Morgan fingerprint density at radius 2 is 1.86 bits per heavy atom. The summed E-state index contributed by atoms with van der Waals surface area (Å²) in [7, 11) is 3.05. The molecule has 3 aromatic rings. The van der Waals surface area contributed by atoms with E-state index >= 15 is 0 Å². The number of hydrogen-bond acceptors (Lipinski definition) is 6. The van der Waals surface area contributed by atoms with Gasteiger partial charge in [-0.15, -0.1) is 0 Å². The summed E-state index contributed by atoms with van der Waals surface area (Å²) in [6, 6.07) is 13.8. The molecule has 0 aliphatic heterocycles. The summed E-state index contributed by atoms with van der Waals surface area (Å²) in [6.45, 7) is 0.465. The Labute approximate surface area is 161 Å². The van der Waals surface area contributed by atoms with E-state index in [4.69, 9.17) is 9.47 Å². The normalized spacial score (nSPS) is 10.4. The molecule has 0 saturated carbocycles. The third-order valence-electron chi connectivity index (χ3n) is 4.07. The maximum atomic E-state index is 12.3. The number of amides is 1. The first-order valence-corrected chi connectivity index (χ1v) is 8.62. The number of hydrogen-bond donors (Lipinski definition) is 1. The van der Waals surface area contributed by atoms with Gasteiger partial charge in [0, 0.05) is 24.4 Å². The van der Waals surface area contributed by atoms with Crippen LogP contribution in [-0.2, 0) is 6.54 Å². The number of nitrogens with one attached hydrogen (secondary N) is 1. The molecular formula is C20H20N4O4. The van der Waals surface area contributed by atoms with Gasteiger partial charge in [-0.3, -0.25) is 9.59 Å². The van der Waals surface area contributed by atoms with E-state index in [2.05, 4.69) is 15.4 Å². The highest BCUT2D eigenvalue weighted by atomic mass is 16.5. The third kappa shape index (κ3) is 4.35. The maximum absolute atomic E-state index is 12.3. The first-order valence-electron chi connectivity index (χ1n) is 8.62. The molecule has 8 heteroatoms. The zero-order valence-electron chi connectivity index (χ0n) is 15.6. The summed E-state index contributed by atoms with van der Waals surface area (Å²) in [5.41, 5.74) is 1.60. The van der Waals surface area contributed by atoms with Crippen molar-refractivity contribution in [2.24, 2.45) is 0 Å². The van der Waals surface area contributed by atoms with Crippen LogP contribution in [0.3, 0.4) is 0 Å². The fraction of sp³-hybridized carbons (Fsp3) is 0.200. The molecule has 28 heavy (non-hydrogen) atoms. The molecule has 1 N–H and O–H groups in total. The molecule has 2 aromatic heterocycles. The summed E-state index contributed by atoms with van der Waals surface area (Å²) in [4.78, 5) is 28.4. The van der Waals surface area contributed by atoms with Crippen molar-refractivity contribution in [3.8, 4) is 22.9 Å². The van der Waals surface area contributed by atoms with Crippen LogP contribution in [0.1, 0.15) is 10.4 Å². The van der Waals surface area contributed by atoms with Crippen LogP contribution in [0.25, 0.3) is 11.3 Å². The Balaban J connectivity index is 1.68. The Kier molecular flexibility index (Phi) is 6.01. The van der Waals surface area contributed by atoms with Crippen molar-refractivity contribution in [3.63, 3.8) is 0 Å². The van der Waals surface area contributed by atoms with E-state index in [0.717, 1.165) is 11.3 Å². The van der Waals surface area contributed by atoms with Crippen LogP contribution in [0.5, 0.6) is 11.6 Å². The number of benzene rings is 1. The van der Waals surface area contributed by atoms with Gasteiger partial charge in [-0.1, -0.05) is 0 Å². The van der Waals surface area contributed by atoms with Gasteiger partial charge >= 0.3 is 0 Å². The van der Waals surface area contributed by atoms with Crippen molar-refractivity contribution in [1.82, 2.24) is 20.1 Å². The zero-order valence-corrected chi connectivity index (χ0v) is 15.6. The molecule has 0 atom stereocenters. The van der Waals surface area contributed by atoms with Gasteiger partial charge in [-0.05, 0) is 42.5 Å². The van der Waals surface area contributed by atoms with E-state index in [1.165, 1.54) is 17.9 Å². The summed E-state index contributed by atoms with van der Waals surface area (Å²) in [5, 5.41) is 7.12. The van der Waals surface area contributed by atoms with Gasteiger partial charge in [0.15, 0.2) is 0 Å². The first-order chi connectivity index (χ1) is 13.6. The van der Waals surface area contributed by atoms with Crippen LogP contribution < -0.4 is 20.3 Å². The lowest BCUT2D eigenvalue weighted by molar-refractivity contribution is 0.0948. The van der Waals surface area contributed by atoms with Gasteiger partial charge in [-0.25, -0.2) is 9.67 Å². The van der Waals surface area contributed by atoms with Crippen LogP contribution in [0.4, 0.5) is 0 Å². The number of rotatable bonds is 7. The summed E-state index contributed by atoms with van der Waals surface area (Å²) < 4.78 is 11.5. The van der Waals surface area contributed by atoms with Crippen molar-refractivity contribution in [2.45, 2.75) is 6.54 Å². The second-order valence-electron chi connectivity index (χ2n) is 5.82. The van der Waals surface area contributed by atoms with Crippen LogP contribution in [0.15, 0.2) is 59.5 Å². The number of carbonyl (C=O) groups excluding carboxylic acids is 1. The quantitative estimate of drug-likeness (QED) is 0.671. The van der Waals surface area contributed by atoms with Crippen molar-refractivity contribution >= 4 is 5.91 Å². The molecule has 0 spiro atoms. The van der Waals surface area contributed by atoms with Gasteiger partial charge in [0.25, 0.3) is 11.5 Å². The minimum absolute atomic E-state index is 0.232. The predicted molar refractivity (Wildman–Crippen MR) is 104 cm³/mol. The van der Waals surface area contributed by atoms with Gasteiger partial charge in [0.05, 0.1) is 26.5 Å². The number of carbonyl (C=O) groups is 1. The maximum Gasteiger partial charge on any atom is 0.266 e. The molecule has 2 heterocycles. The molecule has 0 aliphatic carbocycles. The lowest BCUT2D eigenvalue weighted by Crippen LogP contribution is -2.32. The molecule has 0 fully saturated rings. The van der Waals surface area contributed by atoms with Crippen molar-refractivity contribution in [1.29, 1.82) is 0 Å². The molecule has 1 amide bonds. The standard InChI is InChI=1S/C20H20N4O4/c1-27-15-7-5-14(6-8-15)17-9-10-18(25)24(23-17)13-12-21-19(26)16-4-3-11-22-20(16)28-2/h3-11H,12-13H2,1-2H3,(H,21,26).